The summed E-state index contributed by atoms with van der Waals surface area (Å²) in [6.45, 7) is 8.41. The third-order valence-electron chi connectivity index (χ3n) is 2.59. The molecule has 2 N–H and O–H groups in total. The first-order chi connectivity index (χ1) is 8.19. The fraction of sp³-hybridized carbons (Fsp3) is 1.00. The molecule has 0 aromatic rings. The average molecular weight is 265 g/mol. The Bertz CT molecular complexity index is 160. The minimum Gasteiger partial charge on any atom is -0.395 e. The lowest BCUT2D eigenvalue weighted by molar-refractivity contribution is -0.138. The van der Waals surface area contributed by atoms with E-state index in [1.54, 1.807) is 11.8 Å². The van der Waals surface area contributed by atoms with Gasteiger partial charge in [0.1, 0.15) is 0 Å². The maximum absolute atomic E-state index is 9.16. The van der Waals surface area contributed by atoms with Crippen molar-refractivity contribution in [2.45, 2.75) is 44.8 Å². The second kappa shape index (κ2) is 11.3. The molecule has 2 unspecified atom stereocenters. The van der Waals surface area contributed by atoms with Crippen LogP contribution in [0.4, 0.5) is 0 Å². The van der Waals surface area contributed by atoms with Crippen LogP contribution in [0.15, 0.2) is 0 Å². The first kappa shape index (κ1) is 17.2. The van der Waals surface area contributed by atoms with Crippen LogP contribution in [-0.2, 0) is 9.47 Å². The minimum absolute atomic E-state index is 0.119. The highest BCUT2D eigenvalue weighted by molar-refractivity contribution is 7.99. The van der Waals surface area contributed by atoms with Crippen molar-refractivity contribution < 1.29 is 14.6 Å². The molecule has 5 heteroatoms. The summed E-state index contributed by atoms with van der Waals surface area (Å²) < 4.78 is 10.9. The third kappa shape index (κ3) is 8.00. The van der Waals surface area contributed by atoms with Crippen LogP contribution in [0.25, 0.3) is 0 Å². The summed E-state index contributed by atoms with van der Waals surface area (Å²) in [5.41, 5.74) is 0. The standard InChI is InChI=1S/C12H27NO3S/c1-5-15-12(16-6-2)7-8-13-10(3)11(9-14)17-4/h10-14H,5-9H2,1-4H3. The van der Waals surface area contributed by atoms with Crippen molar-refractivity contribution in [1.82, 2.24) is 5.32 Å². The second-order valence-electron chi connectivity index (χ2n) is 3.83. The molecule has 0 amide bonds. The van der Waals surface area contributed by atoms with Gasteiger partial charge in [-0.05, 0) is 27.0 Å². The summed E-state index contributed by atoms with van der Waals surface area (Å²) in [6, 6.07) is 0.291. The Morgan fingerprint density at radius 1 is 1.24 bits per heavy atom. The lowest BCUT2D eigenvalue weighted by Gasteiger charge is -2.23. The molecule has 0 spiro atoms. The van der Waals surface area contributed by atoms with Crippen molar-refractivity contribution in [1.29, 1.82) is 0 Å². The predicted molar refractivity (Wildman–Crippen MR) is 73.5 cm³/mol. The summed E-state index contributed by atoms with van der Waals surface area (Å²) >= 11 is 1.68. The quantitative estimate of drug-likeness (QED) is 0.554. The Morgan fingerprint density at radius 3 is 2.24 bits per heavy atom. The Hall–Kier alpha value is 0.190. The SMILES string of the molecule is CCOC(CCNC(C)C(CO)SC)OCC. The van der Waals surface area contributed by atoms with E-state index < -0.39 is 0 Å². The third-order valence-corrected chi connectivity index (χ3v) is 3.75. The summed E-state index contributed by atoms with van der Waals surface area (Å²) in [5, 5.41) is 12.8. The molecule has 17 heavy (non-hydrogen) atoms. The van der Waals surface area contributed by atoms with E-state index in [1.165, 1.54) is 0 Å². The molecule has 0 heterocycles. The molecular weight excluding hydrogens is 238 g/mol. The van der Waals surface area contributed by atoms with Gasteiger partial charge in [0.25, 0.3) is 0 Å². The zero-order valence-electron chi connectivity index (χ0n) is 11.4. The van der Waals surface area contributed by atoms with E-state index in [4.69, 9.17) is 14.6 Å². The van der Waals surface area contributed by atoms with Gasteiger partial charge in [-0.15, -0.1) is 0 Å². The lowest BCUT2D eigenvalue weighted by Crippen LogP contribution is -2.39. The number of thioether (sulfide) groups is 1. The van der Waals surface area contributed by atoms with Crippen LogP contribution in [-0.4, -0.2) is 55.3 Å². The van der Waals surface area contributed by atoms with Crippen LogP contribution >= 0.6 is 11.8 Å². The number of aliphatic hydroxyl groups excluding tert-OH is 1. The Kier molecular flexibility index (Phi) is 11.4. The first-order valence-corrected chi connectivity index (χ1v) is 7.58. The molecule has 0 aromatic carbocycles. The Labute approximate surface area is 109 Å². The van der Waals surface area contributed by atoms with Gasteiger partial charge in [0.2, 0.25) is 0 Å². The highest BCUT2D eigenvalue weighted by Crippen LogP contribution is 2.10. The number of nitrogens with one attached hydrogen (secondary N) is 1. The normalized spacial score (nSPS) is 15.2. The number of ether oxygens (including phenoxy) is 2. The number of aliphatic hydroxyl groups is 1. The smallest absolute Gasteiger partial charge is 0.158 e. The van der Waals surface area contributed by atoms with Crippen LogP contribution in [0.5, 0.6) is 0 Å². The molecule has 0 aliphatic heterocycles. The average Bonchev–Trinajstić information content (AvgIpc) is 2.31. The molecule has 0 aliphatic rings. The van der Waals surface area contributed by atoms with Gasteiger partial charge in [-0.3, -0.25) is 0 Å². The second-order valence-corrected chi connectivity index (χ2v) is 4.91. The molecule has 104 valence electrons. The summed E-state index contributed by atoms with van der Waals surface area (Å²) in [4.78, 5) is 0. The largest absolute Gasteiger partial charge is 0.395 e. The van der Waals surface area contributed by atoms with Gasteiger partial charge in [-0.2, -0.15) is 11.8 Å². The summed E-state index contributed by atoms with van der Waals surface area (Å²) in [7, 11) is 0. The number of hydrogen-bond acceptors (Lipinski definition) is 5. The van der Waals surface area contributed by atoms with Gasteiger partial charge < -0.3 is 19.9 Å². The number of rotatable bonds is 11. The molecule has 2 atom stereocenters. The van der Waals surface area contributed by atoms with E-state index in [2.05, 4.69) is 12.2 Å². The van der Waals surface area contributed by atoms with Crippen LogP contribution in [0.1, 0.15) is 27.2 Å². The van der Waals surface area contributed by atoms with Crippen molar-refractivity contribution >= 4 is 11.8 Å². The first-order valence-electron chi connectivity index (χ1n) is 6.29. The minimum atomic E-state index is -0.119. The zero-order chi connectivity index (χ0) is 13.1. The van der Waals surface area contributed by atoms with Gasteiger partial charge in [0, 0.05) is 37.5 Å². The van der Waals surface area contributed by atoms with Crippen molar-refractivity contribution in [3.63, 3.8) is 0 Å². The van der Waals surface area contributed by atoms with E-state index in [1.807, 2.05) is 20.1 Å². The molecule has 0 fully saturated rings. The molecule has 0 bridgehead atoms. The van der Waals surface area contributed by atoms with Gasteiger partial charge in [-0.1, -0.05) is 0 Å². The molecule has 0 rings (SSSR count). The maximum atomic E-state index is 9.16. The Morgan fingerprint density at radius 2 is 1.82 bits per heavy atom. The van der Waals surface area contributed by atoms with Crippen molar-refractivity contribution in [2.75, 3.05) is 32.6 Å². The Balaban J connectivity index is 3.78. The van der Waals surface area contributed by atoms with Crippen molar-refractivity contribution in [3.05, 3.63) is 0 Å². The molecule has 4 nitrogen and oxygen atoms in total. The van der Waals surface area contributed by atoms with Crippen LogP contribution in [0, 0.1) is 0 Å². The molecule has 0 radical (unpaired) electrons. The fourth-order valence-electron chi connectivity index (χ4n) is 1.58. The molecule has 0 saturated heterocycles. The summed E-state index contributed by atoms with van der Waals surface area (Å²) in [6.07, 6.45) is 2.73. The maximum Gasteiger partial charge on any atom is 0.158 e. The molecule has 0 aromatic heterocycles. The van der Waals surface area contributed by atoms with E-state index in [0.717, 1.165) is 13.0 Å². The van der Waals surface area contributed by atoms with E-state index in [0.29, 0.717) is 19.3 Å². The number of hydrogen-bond donors (Lipinski definition) is 2. The topological polar surface area (TPSA) is 50.7 Å². The predicted octanol–water partition coefficient (Wildman–Crippen LogP) is 1.48. The highest BCUT2D eigenvalue weighted by atomic mass is 32.2. The van der Waals surface area contributed by atoms with Gasteiger partial charge >= 0.3 is 0 Å². The molecule has 0 aliphatic carbocycles. The molecule has 0 saturated carbocycles. The zero-order valence-corrected chi connectivity index (χ0v) is 12.3. The monoisotopic (exact) mass is 265 g/mol. The van der Waals surface area contributed by atoms with E-state index >= 15 is 0 Å². The van der Waals surface area contributed by atoms with Crippen LogP contribution in [0.2, 0.25) is 0 Å². The van der Waals surface area contributed by atoms with Gasteiger partial charge in [-0.25, -0.2) is 0 Å². The highest BCUT2D eigenvalue weighted by Gasteiger charge is 2.15. The fourth-order valence-corrected chi connectivity index (χ4v) is 2.24. The van der Waals surface area contributed by atoms with Gasteiger partial charge in [0.15, 0.2) is 6.29 Å². The van der Waals surface area contributed by atoms with E-state index in [-0.39, 0.29) is 18.1 Å². The van der Waals surface area contributed by atoms with Crippen LogP contribution in [0.3, 0.4) is 0 Å². The van der Waals surface area contributed by atoms with Crippen LogP contribution < -0.4 is 5.32 Å². The van der Waals surface area contributed by atoms with Gasteiger partial charge in [0.05, 0.1) is 6.61 Å². The summed E-state index contributed by atoms with van der Waals surface area (Å²) in [5.74, 6) is 0. The molecular formula is C12H27NO3S. The van der Waals surface area contributed by atoms with Crippen molar-refractivity contribution in [3.8, 4) is 0 Å². The van der Waals surface area contributed by atoms with E-state index in [9.17, 15) is 0 Å². The van der Waals surface area contributed by atoms with Crippen molar-refractivity contribution in [2.24, 2.45) is 0 Å². The lowest BCUT2D eigenvalue weighted by atomic mass is 10.2.